The third-order valence-corrected chi connectivity index (χ3v) is 13.0. The second-order valence-corrected chi connectivity index (χ2v) is 17.8. The van der Waals surface area contributed by atoms with Crippen LogP contribution in [0.15, 0.2) is 188 Å². The Balaban J connectivity index is 1.26. The van der Waals surface area contributed by atoms with E-state index in [1.54, 1.807) is 0 Å². The lowest BCUT2D eigenvalue weighted by atomic mass is 9.89. The van der Waals surface area contributed by atoms with Gasteiger partial charge in [0, 0.05) is 5.56 Å². The number of hydrogen-bond acceptors (Lipinski definition) is 7. The van der Waals surface area contributed by atoms with Gasteiger partial charge in [0.25, 0.3) is 0 Å². The maximum absolute atomic E-state index is 14.0. The maximum atomic E-state index is 14.0. The van der Waals surface area contributed by atoms with Gasteiger partial charge >= 0.3 is 0 Å². The Labute approximate surface area is 376 Å². The molecule has 1 aliphatic heterocycles. The summed E-state index contributed by atoms with van der Waals surface area (Å²) in [6, 6.07) is 63.5. The number of thioether (sulfide) groups is 1. The van der Waals surface area contributed by atoms with Gasteiger partial charge in [0.15, 0.2) is 4.93 Å². The Morgan fingerprint density at radius 3 is 1.48 bits per heavy atom. The molecule has 7 heteroatoms. The molecule has 6 nitrogen and oxygen atoms in total. The largest absolute Gasteiger partial charge is 0.488 e. The predicted octanol–water partition coefficient (Wildman–Crippen LogP) is 11.7. The summed E-state index contributed by atoms with van der Waals surface area (Å²) >= 11 is 1.41. The van der Waals surface area contributed by atoms with Crippen LogP contribution in [-0.2, 0) is 63.3 Å². The molecule has 0 amide bonds. The Kier molecular flexibility index (Phi) is 15.2. The van der Waals surface area contributed by atoms with Crippen LogP contribution < -0.4 is 4.74 Å². The highest BCUT2D eigenvalue weighted by Gasteiger charge is 2.57. The van der Waals surface area contributed by atoms with E-state index in [1.165, 1.54) is 22.9 Å². The molecule has 0 aliphatic carbocycles. The molecule has 7 aromatic carbocycles. The fraction of sp³-hybridized carbons (Fsp3) is 0.250. The summed E-state index contributed by atoms with van der Waals surface area (Å²) in [7, 11) is 0. The maximum Gasteiger partial charge on any atom is 0.168 e. The van der Waals surface area contributed by atoms with Crippen LogP contribution in [0, 0.1) is 13.8 Å². The van der Waals surface area contributed by atoms with Crippen molar-refractivity contribution in [3.63, 3.8) is 0 Å². The molecular formula is C56H56O6S. The molecular weight excluding hydrogens is 801 g/mol. The Morgan fingerprint density at radius 1 is 0.492 bits per heavy atom. The number of benzene rings is 7. The van der Waals surface area contributed by atoms with Crippen LogP contribution in [0.2, 0.25) is 0 Å². The average molecular weight is 857 g/mol. The van der Waals surface area contributed by atoms with Crippen LogP contribution in [-0.4, -0.2) is 35.3 Å². The SMILES string of the molecule is Cc1ccc(Cc2cc([C@]3(O)S[C@@H](COCc4ccccc4)[C@@H](OCc4ccccc4)[C@H](OCc4ccccc4)[C@H]3OCc3ccccc3)c(OCc3ccccc3)cc2C)cc1. The topological polar surface area (TPSA) is 66.4 Å². The summed E-state index contributed by atoms with van der Waals surface area (Å²) in [5, 5.41) is 13.6. The van der Waals surface area contributed by atoms with Gasteiger partial charge in [0.1, 0.15) is 30.7 Å². The molecule has 5 atom stereocenters. The van der Waals surface area contributed by atoms with Gasteiger partial charge in [0.05, 0.1) is 38.3 Å². The van der Waals surface area contributed by atoms with Gasteiger partial charge in [0.2, 0.25) is 0 Å². The van der Waals surface area contributed by atoms with Gasteiger partial charge in [-0.15, -0.1) is 11.8 Å². The molecule has 63 heavy (non-hydrogen) atoms. The van der Waals surface area contributed by atoms with Crippen molar-refractivity contribution in [3.8, 4) is 5.75 Å². The smallest absolute Gasteiger partial charge is 0.168 e. The third kappa shape index (κ3) is 11.7. The standard InChI is InChI=1S/C56H56O6S/c1-41-28-30-43(31-29-41)33-49-34-50(51(32-42(49)2)59-36-45-20-10-4-11-21-45)56(57)55(62-39-48-26-16-7-17-27-48)54(61-38-47-24-14-6-15-25-47)53(60-37-46-22-12-5-13-23-46)52(63-56)40-58-35-44-18-8-3-9-19-44/h3-32,34,52-55,57H,33,35-40H2,1-2H3/t52-,53+,54-,55+,56-/m0/s1. The van der Waals surface area contributed by atoms with Crippen molar-refractivity contribution in [3.05, 3.63) is 244 Å². The molecule has 0 spiro atoms. The highest BCUT2D eigenvalue weighted by molar-refractivity contribution is 8.00. The fourth-order valence-electron chi connectivity index (χ4n) is 8.05. The minimum atomic E-state index is -1.70. The van der Waals surface area contributed by atoms with Crippen molar-refractivity contribution in [2.75, 3.05) is 6.61 Å². The molecule has 1 fully saturated rings. The van der Waals surface area contributed by atoms with Crippen LogP contribution in [0.25, 0.3) is 0 Å². The van der Waals surface area contributed by atoms with Crippen LogP contribution in [0.5, 0.6) is 5.75 Å². The molecule has 1 saturated heterocycles. The Hall–Kier alpha value is -5.51. The molecule has 0 bridgehead atoms. The van der Waals surface area contributed by atoms with Gasteiger partial charge < -0.3 is 28.8 Å². The minimum Gasteiger partial charge on any atom is -0.488 e. The molecule has 0 unspecified atom stereocenters. The average Bonchev–Trinajstić information content (AvgIpc) is 3.32. The quantitative estimate of drug-likeness (QED) is 0.0869. The minimum absolute atomic E-state index is 0.239. The molecule has 0 aromatic heterocycles. The van der Waals surface area contributed by atoms with E-state index in [9.17, 15) is 5.11 Å². The summed E-state index contributed by atoms with van der Waals surface area (Å²) in [5.74, 6) is 0.585. The summed E-state index contributed by atoms with van der Waals surface area (Å²) in [4.78, 5) is -1.70. The number of rotatable bonds is 19. The fourth-order valence-corrected chi connectivity index (χ4v) is 9.66. The van der Waals surface area contributed by atoms with Crippen LogP contribution >= 0.6 is 11.8 Å². The zero-order chi connectivity index (χ0) is 43.3. The number of hydrogen-bond donors (Lipinski definition) is 1. The van der Waals surface area contributed by atoms with E-state index in [2.05, 4.69) is 98.8 Å². The van der Waals surface area contributed by atoms with Crippen molar-refractivity contribution < 1.29 is 28.8 Å². The van der Waals surface area contributed by atoms with Crippen molar-refractivity contribution in [1.82, 2.24) is 0 Å². The molecule has 1 N–H and O–H groups in total. The highest BCUT2D eigenvalue weighted by Crippen LogP contribution is 2.53. The van der Waals surface area contributed by atoms with Crippen molar-refractivity contribution in [1.29, 1.82) is 0 Å². The van der Waals surface area contributed by atoms with Crippen LogP contribution in [0.1, 0.15) is 55.6 Å². The molecule has 0 radical (unpaired) electrons. The zero-order valence-corrected chi connectivity index (χ0v) is 36.9. The van der Waals surface area contributed by atoms with E-state index in [0.29, 0.717) is 37.6 Å². The van der Waals surface area contributed by atoms with E-state index in [4.69, 9.17) is 23.7 Å². The van der Waals surface area contributed by atoms with E-state index in [1.807, 2.05) is 103 Å². The van der Waals surface area contributed by atoms with Gasteiger partial charge in [-0.25, -0.2) is 0 Å². The van der Waals surface area contributed by atoms with E-state index < -0.39 is 28.5 Å². The molecule has 7 aromatic rings. The molecule has 8 rings (SSSR count). The second-order valence-electron chi connectivity index (χ2n) is 16.3. The number of ether oxygens (including phenoxy) is 5. The first kappa shape index (κ1) is 44.1. The van der Waals surface area contributed by atoms with Crippen molar-refractivity contribution in [2.45, 2.75) is 81.8 Å². The molecule has 0 saturated carbocycles. The lowest BCUT2D eigenvalue weighted by molar-refractivity contribution is -0.199. The third-order valence-electron chi connectivity index (χ3n) is 11.5. The Morgan fingerprint density at radius 2 is 0.952 bits per heavy atom. The first-order valence-corrected chi connectivity index (χ1v) is 22.6. The lowest BCUT2D eigenvalue weighted by Gasteiger charge is -2.50. The van der Waals surface area contributed by atoms with E-state index >= 15 is 0 Å². The molecule has 322 valence electrons. The second kappa shape index (κ2) is 21.7. The van der Waals surface area contributed by atoms with Crippen molar-refractivity contribution >= 4 is 11.8 Å². The van der Waals surface area contributed by atoms with Crippen molar-refractivity contribution in [2.24, 2.45) is 0 Å². The summed E-state index contributed by atoms with van der Waals surface area (Å²) < 4.78 is 34.6. The first-order chi connectivity index (χ1) is 30.9. The van der Waals surface area contributed by atoms with E-state index in [0.717, 1.165) is 38.9 Å². The van der Waals surface area contributed by atoms with Gasteiger partial charge in [-0.1, -0.05) is 181 Å². The monoisotopic (exact) mass is 856 g/mol. The lowest BCUT2D eigenvalue weighted by Crippen LogP contribution is -2.61. The van der Waals surface area contributed by atoms with Gasteiger partial charge in [-0.05, 0) is 76.9 Å². The van der Waals surface area contributed by atoms with Crippen LogP contribution in [0.4, 0.5) is 0 Å². The Bertz CT molecular complexity index is 2430. The predicted molar refractivity (Wildman–Crippen MR) is 252 cm³/mol. The number of aryl methyl sites for hydroxylation is 2. The van der Waals surface area contributed by atoms with Crippen LogP contribution in [0.3, 0.4) is 0 Å². The van der Waals surface area contributed by atoms with Gasteiger partial charge in [-0.2, -0.15) is 0 Å². The molecule has 1 heterocycles. The summed E-state index contributed by atoms with van der Waals surface area (Å²) in [6.07, 6.45) is -1.55. The summed E-state index contributed by atoms with van der Waals surface area (Å²) in [6.45, 7) is 6.08. The molecule has 1 aliphatic rings. The van der Waals surface area contributed by atoms with E-state index in [-0.39, 0.29) is 19.8 Å². The number of aliphatic hydroxyl groups is 1. The normalized spacial score (nSPS) is 19.7. The zero-order valence-electron chi connectivity index (χ0n) is 36.1. The first-order valence-electron chi connectivity index (χ1n) is 21.8. The van der Waals surface area contributed by atoms with Gasteiger partial charge in [-0.3, -0.25) is 0 Å². The summed E-state index contributed by atoms with van der Waals surface area (Å²) in [5.41, 5.74) is 10.3. The highest BCUT2D eigenvalue weighted by atomic mass is 32.2.